The molecule has 1 aromatic rings. The molecule has 2 heterocycles. The molecule has 0 saturated carbocycles. The Hall–Kier alpha value is -1.26. The van der Waals surface area contributed by atoms with Crippen LogP contribution in [-0.4, -0.2) is 39.0 Å². The highest BCUT2D eigenvalue weighted by molar-refractivity contribution is 5.47. The van der Waals surface area contributed by atoms with Crippen molar-refractivity contribution in [1.29, 1.82) is 0 Å². The van der Waals surface area contributed by atoms with Crippen LogP contribution < -0.4 is 14.8 Å². The zero-order valence-electron chi connectivity index (χ0n) is 12.8. The maximum absolute atomic E-state index is 6.06. The molecule has 0 amide bonds. The first-order chi connectivity index (χ1) is 10.4. The van der Waals surface area contributed by atoms with Gasteiger partial charge in [-0.1, -0.05) is 18.6 Å². The van der Waals surface area contributed by atoms with E-state index in [0.717, 1.165) is 37.5 Å². The molecule has 2 unspecified atom stereocenters. The first-order valence-electron chi connectivity index (χ1n) is 8.00. The van der Waals surface area contributed by atoms with E-state index in [9.17, 15) is 0 Å². The molecule has 21 heavy (non-hydrogen) atoms. The molecule has 2 saturated heterocycles. The van der Waals surface area contributed by atoms with Crippen LogP contribution in [0.15, 0.2) is 18.2 Å². The predicted octanol–water partition coefficient (Wildman–Crippen LogP) is 2.55. The zero-order valence-corrected chi connectivity index (χ0v) is 12.8. The third kappa shape index (κ3) is 3.69. The van der Waals surface area contributed by atoms with Crippen LogP contribution in [0.2, 0.25) is 0 Å². The first kappa shape index (κ1) is 14.7. The molecule has 4 heteroatoms. The van der Waals surface area contributed by atoms with Crippen molar-refractivity contribution < 1.29 is 14.2 Å². The Morgan fingerprint density at radius 3 is 2.95 bits per heavy atom. The van der Waals surface area contributed by atoms with Crippen molar-refractivity contribution in [2.24, 2.45) is 0 Å². The summed E-state index contributed by atoms with van der Waals surface area (Å²) in [7, 11) is 1.73. The fraction of sp³-hybridized carbons (Fsp3) is 0.647. The van der Waals surface area contributed by atoms with Crippen LogP contribution in [0.25, 0.3) is 0 Å². The smallest absolute Gasteiger partial charge is 0.163 e. The van der Waals surface area contributed by atoms with Crippen molar-refractivity contribution in [2.75, 3.05) is 26.9 Å². The average molecular weight is 291 g/mol. The molecule has 0 aromatic heterocycles. The Morgan fingerprint density at radius 1 is 1.29 bits per heavy atom. The van der Waals surface area contributed by atoms with Gasteiger partial charge >= 0.3 is 0 Å². The number of benzene rings is 1. The number of ether oxygens (including phenoxy) is 3. The number of methoxy groups -OCH3 is 1. The zero-order chi connectivity index (χ0) is 14.5. The summed E-state index contributed by atoms with van der Waals surface area (Å²) in [6.07, 6.45) is 5.96. The maximum Gasteiger partial charge on any atom is 0.163 e. The highest BCUT2D eigenvalue weighted by Gasteiger charge is 2.21. The Bertz CT molecular complexity index is 451. The van der Waals surface area contributed by atoms with Crippen LogP contribution >= 0.6 is 0 Å². The Kier molecular flexibility index (Phi) is 4.99. The molecular weight excluding hydrogens is 266 g/mol. The first-order valence-corrected chi connectivity index (χ1v) is 8.00. The van der Waals surface area contributed by atoms with Gasteiger partial charge in [0.2, 0.25) is 0 Å². The third-order valence-corrected chi connectivity index (χ3v) is 4.32. The largest absolute Gasteiger partial charge is 0.493 e. The van der Waals surface area contributed by atoms with Crippen molar-refractivity contribution in [3.63, 3.8) is 0 Å². The van der Waals surface area contributed by atoms with Crippen LogP contribution in [0.4, 0.5) is 0 Å². The van der Waals surface area contributed by atoms with Gasteiger partial charge in [-0.25, -0.2) is 0 Å². The number of hydrogen-bond donors (Lipinski definition) is 1. The van der Waals surface area contributed by atoms with Crippen molar-refractivity contribution in [1.82, 2.24) is 5.32 Å². The van der Waals surface area contributed by atoms with Crippen molar-refractivity contribution in [3.8, 4) is 11.5 Å². The Balaban J connectivity index is 1.72. The number of hydrogen-bond acceptors (Lipinski definition) is 4. The van der Waals surface area contributed by atoms with Crippen LogP contribution in [0.3, 0.4) is 0 Å². The summed E-state index contributed by atoms with van der Waals surface area (Å²) >= 11 is 0. The van der Waals surface area contributed by atoms with Crippen molar-refractivity contribution in [3.05, 3.63) is 23.8 Å². The molecule has 2 aliphatic rings. The summed E-state index contributed by atoms with van der Waals surface area (Å²) in [6, 6.07) is 6.76. The molecule has 0 aliphatic carbocycles. The molecule has 0 radical (unpaired) electrons. The summed E-state index contributed by atoms with van der Waals surface area (Å²) in [6.45, 7) is 2.60. The summed E-state index contributed by atoms with van der Waals surface area (Å²) in [5.41, 5.74) is 1.23. The van der Waals surface area contributed by atoms with Gasteiger partial charge in [0.1, 0.15) is 6.10 Å². The average Bonchev–Trinajstić information content (AvgIpc) is 3.02. The molecule has 116 valence electrons. The highest BCUT2D eigenvalue weighted by Crippen LogP contribution is 2.34. The SMILES string of the molecule is COc1c(CC2CCCCN2)cccc1OC1CCOC1. The number of piperidine rings is 1. The quantitative estimate of drug-likeness (QED) is 0.905. The van der Waals surface area contributed by atoms with E-state index < -0.39 is 0 Å². The molecule has 2 atom stereocenters. The summed E-state index contributed by atoms with van der Waals surface area (Å²) in [5.74, 6) is 1.73. The lowest BCUT2D eigenvalue weighted by Crippen LogP contribution is -2.35. The molecule has 2 fully saturated rings. The second-order valence-corrected chi connectivity index (χ2v) is 5.90. The molecule has 2 aliphatic heterocycles. The number of nitrogens with one attached hydrogen (secondary N) is 1. The second-order valence-electron chi connectivity index (χ2n) is 5.90. The van der Waals surface area contributed by atoms with Crippen LogP contribution in [0.1, 0.15) is 31.2 Å². The normalized spacial score (nSPS) is 25.8. The summed E-state index contributed by atoms with van der Waals surface area (Å²) in [4.78, 5) is 0. The van der Waals surface area contributed by atoms with E-state index >= 15 is 0 Å². The van der Waals surface area contributed by atoms with Gasteiger partial charge in [0.15, 0.2) is 11.5 Å². The van der Waals surface area contributed by atoms with Gasteiger partial charge in [-0.15, -0.1) is 0 Å². The highest BCUT2D eigenvalue weighted by atomic mass is 16.6. The Labute approximate surface area is 126 Å². The molecule has 0 bridgehead atoms. The van der Waals surface area contributed by atoms with Gasteiger partial charge in [0, 0.05) is 12.5 Å². The Morgan fingerprint density at radius 2 is 2.24 bits per heavy atom. The summed E-state index contributed by atoms with van der Waals surface area (Å²) in [5, 5.41) is 3.60. The van der Waals surface area contributed by atoms with Gasteiger partial charge in [0.25, 0.3) is 0 Å². The minimum atomic E-state index is 0.155. The lowest BCUT2D eigenvalue weighted by molar-refractivity contribution is 0.138. The van der Waals surface area contributed by atoms with E-state index in [4.69, 9.17) is 14.2 Å². The van der Waals surface area contributed by atoms with Gasteiger partial charge in [-0.2, -0.15) is 0 Å². The topological polar surface area (TPSA) is 39.7 Å². The van der Waals surface area contributed by atoms with Crippen LogP contribution in [-0.2, 0) is 11.2 Å². The van der Waals surface area contributed by atoms with E-state index in [1.165, 1.54) is 24.8 Å². The molecule has 3 rings (SSSR count). The monoisotopic (exact) mass is 291 g/mol. The third-order valence-electron chi connectivity index (χ3n) is 4.32. The molecule has 0 spiro atoms. The van der Waals surface area contributed by atoms with E-state index in [0.29, 0.717) is 12.6 Å². The van der Waals surface area contributed by atoms with E-state index in [2.05, 4.69) is 17.4 Å². The minimum Gasteiger partial charge on any atom is -0.493 e. The molecule has 4 nitrogen and oxygen atoms in total. The van der Waals surface area contributed by atoms with E-state index in [-0.39, 0.29) is 6.10 Å². The molecular formula is C17H25NO3. The predicted molar refractivity (Wildman–Crippen MR) is 82.2 cm³/mol. The fourth-order valence-corrected chi connectivity index (χ4v) is 3.20. The van der Waals surface area contributed by atoms with Crippen molar-refractivity contribution >= 4 is 0 Å². The van der Waals surface area contributed by atoms with Crippen molar-refractivity contribution in [2.45, 2.75) is 44.2 Å². The van der Waals surface area contributed by atoms with E-state index in [1.807, 2.05) is 6.07 Å². The molecule has 1 N–H and O–H groups in total. The fourth-order valence-electron chi connectivity index (χ4n) is 3.20. The van der Waals surface area contributed by atoms with E-state index in [1.54, 1.807) is 7.11 Å². The van der Waals surface area contributed by atoms with Gasteiger partial charge in [0.05, 0.1) is 20.3 Å². The number of rotatable bonds is 5. The van der Waals surface area contributed by atoms with Crippen LogP contribution in [0.5, 0.6) is 11.5 Å². The van der Waals surface area contributed by atoms with Crippen LogP contribution in [0, 0.1) is 0 Å². The lowest BCUT2D eigenvalue weighted by Gasteiger charge is -2.25. The van der Waals surface area contributed by atoms with Gasteiger partial charge in [-0.05, 0) is 37.4 Å². The molecule has 1 aromatic carbocycles. The number of para-hydroxylation sites is 1. The van der Waals surface area contributed by atoms with Gasteiger partial charge < -0.3 is 19.5 Å². The minimum absolute atomic E-state index is 0.155. The lowest BCUT2D eigenvalue weighted by atomic mass is 9.97. The summed E-state index contributed by atoms with van der Waals surface area (Å²) < 4.78 is 17.1. The maximum atomic E-state index is 6.06. The van der Waals surface area contributed by atoms with Gasteiger partial charge in [-0.3, -0.25) is 0 Å². The second kappa shape index (κ2) is 7.14. The standard InChI is InChI=1S/C17H25NO3/c1-19-17-13(11-14-6-2-3-9-18-14)5-4-7-16(17)21-15-8-10-20-12-15/h4-5,7,14-15,18H,2-3,6,8-12H2,1H3.